The number of nitrogens with zero attached hydrogens (tertiary/aromatic N) is 4. The van der Waals surface area contributed by atoms with E-state index in [0.717, 1.165) is 17.7 Å². The summed E-state index contributed by atoms with van der Waals surface area (Å²) in [6.07, 6.45) is 0.903. The summed E-state index contributed by atoms with van der Waals surface area (Å²) < 4.78 is 13.1. The van der Waals surface area contributed by atoms with E-state index in [0.29, 0.717) is 41.9 Å². The van der Waals surface area contributed by atoms with Gasteiger partial charge >= 0.3 is 0 Å². The first kappa shape index (κ1) is 21.4. The van der Waals surface area contributed by atoms with E-state index in [9.17, 15) is 4.79 Å². The molecule has 1 aliphatic rings. The van der Waals surface area contributed by atoms with Gasteiger partial charge in [-0.05, 0) is 60.5 Å². The molecular formula is C23H26N6O3. The number of allylic oxidation sites excluding steroid dienone is 1. The van der Waals surface area contributed by atoms with Crippen LogP contribution < -0.4 is 20.1 Å². The summed E-state index contributed by atoms with van der Waals surface area (Å²) in [4.78, 5) is 13.5. The van der Waals surface area contributed by atoms with E-state index in [4.69, 9.17) is 9.47 Å². The van der Waals surface area contributed by atoms with Crippen molar-refractivity contribution in [1.29, 1.82) is 0 Å². The van der Waals surface area contributed by atoms with Crippen molar-refractivity contribution in [2.75, 3.05) is 23.8 Å². The van der Waals surface area contributed by atoms with E-state index in [1.807, 2.05) is 62.4 Å². The number of hydrogen-bond donors (Lipinski definition) is 2. The van der Waals surface area contributed by atoms with E-state index < -0.39 is 6.04 Å². The molecule has 1 aromatic heterocycles. The maximum atomic E-state index is 13.5. The van der Waals surface area contributed by atoms with Crippen LogP contribution in [0.4, 0.5) is 11.6 Å². The molecule has 166 valence electrons. The highest BCUT2D eigenvalue weighted by molar-refractivity contribution is 6.06. The van der Waals surface area contributed by atoms with Crippen LogP contribution in [0.25, 0.3) is 0 Å². The Labute approximate surface area is 186 Å². The SMILES string of the molecule is CCCOc1cccc(C2C(C(=O)Nc3ccccc3OCC)=C(C)Nc3nnnn32)c1. The minimum Gasteiger partial charge on any atom is -0.494 e. The quantitative estimate of drug-likeness (QED) is 0.556. The Hall–Kier alpha value is -3.88. The summed E-state index contributed by atoms with van der Waals surface area (Å²) >= 11 is 0. The lowest BCUT2D eigenvalue weighted by molar-refractivity contribution is -0.113. The van der Waals surface area contributed by atoms with E-state index in [1.165, 1.54) is 0 Å². The van der Waals surface area contributed by atoms with Gasteiger partial charge in [-0.25, -0.2) is 0 Å². The predicted molar refractivity (Wildman–Crippen MR) is 121 cm³/mol. The first-order valence-corrected chi connectivity index (χ1v) is 10.6. The van der Waals surface area contributed by atoms with Gasteiger partial charge < -0.3 is 20.1 Å². The molecule has 1 amide bonds. The summed E-state index contributed by atoms with van der Waals surface area (Å²) in [5, 5.41) is 18.1. The molecule has 4 rings (SSSR count). The van der Waals surface area contributed by atoms with Gasteiger partial charge in [0.15, 0.2) is 0 Å². The molecule has 32 heavy (non-hydrogen) atoms. The number of rotatable bonds is 8. The fraction of sp³-hybridized carbons (Fsp3) is 0.304. The first-order chi connectivity index (χ1) is 15.6. The fourth-order valence-electron chi connectivity index (χ4n) is 3.65. The molecular weight excluding hydrogens is 408 g/mol. The lowest BCUT2D eigenvalue weighted by Gasteiger charge is -2.28. The Morgan fingerprint density at radius 2 is 2.00 bits per heavy atom. The number of aromatic nitrogens is 4. The van der Waals surface area contributed by atoms with Crippen LogP contribution in [0, 0.1) is 0 Å². The standard InChI is InChI=1S/C23H26N6O3/c1-4-13-32-17-10-8-9-16(14-17)21-20(15(3)24-23-26-27-28-29(21)23)22(30)25-18-11-6-7-12-19(18)31-5-2/h6-12,14,21H,4-5,13H2,1-3H3,(H,25,30)(H,24,26,28). The van der Waals surface area contributed by atoms with E-state index in [2.05, 4.69) is 33.1 Å². The van der Waals surface area contributed by atoms with E-state index >= 15 is 0 Å². The number of tetrazole rings is 1. The Morgan fingerprint density at radius 3 is 2.81 bits per heavy atom. The molecule has 0 saturated carbocycles. The number of benzene rings is 2. The second-order valence-corrected chi connectivity index (χ2v) is 7.32. The van der Waals surface area contributed by atoms with Gasteiger partial charge in [-0.1, -0.05) is 36.3 Å². The lowest BCUT2D eigenvalue weighted by atomic mass is 9.94. The summed E-state index contributed by atoms with van der Waals surface area (Å²) in [6.45, 7) is 6.91. The normalized spacial score (nSPS) is 15.0. The van der Waals surface area contributed by atoms with Gasteiger partial charge in [0, 0.05) is 5.70 Å². The Bertz CT molecular complexity index is 1140. The topological polar surface area (TPSA) is 103 Å². The monoisotopic (exact) mass is 434 g/mol. The molecule has 0 radical (unpaired) electrons. The number of fused-ring (bicyclic) bond motifs is 1. The van der Waals surface area contributed by atoms with Crippen molar-refractivity contribution in [3.8, 4) is 11.5 Å². The Kier molecular flexibility index (Phi) is 6.34. The van der Waals surface area contributed by atoms with Crippen LogP contribution in [-0.4, -0.2) is 39.3 Å². The first-order valence-electron chi connectivity index (χ1n) is 10.6. The summed E-state index contributed by atoms with van der Waals surface area (Å²) in [5.74, 6) is 1.54. The Morgan fingerprint density at radius 1 is 1.16 bits per heavy atom. The molecule has 1 atom stereocenters. The average Bonchev–Trinajstić information content (AvgIpc) is 3.26. The van der Waals surface area contributed by atoms with Crippen molar-refractivity contribution >= 4 is 17.5 Å². The third kappa shape index (κ3) is 4.27. The molecule has 1 aliphatic heterocycles. The summed E-state index contributed by atoms with van der Waals surface area (Å²) in [7, 11) is 0. The van der Waals surface area contributed by atoms with Crippen LogP contribution in [0.1, 0.15) is 38.8 Å². The fourth-order valence-corrected chi connectivity index (χ4v) is 3.65. The highest BCUT2D eigenvalue weighted by Gasteiger charge is 2.34. The van der Waals surface area contributed by atoms with Crippen molar-refractivity contribution < 1.29 is 14.3 Å². The zero-order valence-electron chi connectivity index (χ0n) is 18.3. The largest absolute Gasteiger partial charge is 0.494 e. The molecule has 0 saturated heterocycles. The third-order valence-corrected chi connectivity index (χ3v) is 5.04. The maximum absolute atomic E-state index is 13.5. The van der Waals surface area contributed by atoms with Crippen LogP contribution in [0.5, 0.6) is 11.5 Å². The summed E-state index contributed by atoms with van der Waals surface area (Å²) in [6, 6.07) is 14.5. The number of para-hydroxylation sites is 2. The van der Waals surface area contributed by atoms with Crippen molar-refractivity contribution in [3.63, 3.8) is 0 Å². The minimum absolute atomic E-state index is 0.270. The lowest BCUT2D eigenvalue weighted by Crippen LogP contribution is -2.31. The second-order valence-electron chi connectivity index (χ2n) is 7.32. The van der Waals surface area contributed by atoms with Crippen LogP contribution in [0.3, 0.4) is 0 Å². The average molecular weight is 435 g/mol. The Balaban J connectivity index is 1.72. The van der Waals surface area contributed by atoms with Crippen LogP contribution in [0.2, 0.25) is 0 Å². The van der Waals surface area contributed by atoms with Gasteiger partial charge in [0.2, 0.25) is 5.95 Å². The smallest absolute Gasteiger partial charge is 0.255 e. The van der Waals surface area contributed by atoms with Crippen LogP contribution in [0.15, 0.2) is 59.8 Å². The number of ether oxygens (including phenoxy) is 2. The van der Waals surface area contributed by atoms with Crippen LogP contribution in [-0.2, 0) is 4.79 Å². The third-order valence-electron chi connectivity index (χ3n) is 5.04. The van der Waals surface area contributed by atoms with E-state index in [1.54, 1.807) is 4.68 Å². The molecule has 2 heterocycles. The molecule has 0 spiro atoms. The van der Waals surface area contributed by atoms with Gasteiger partial charge in [0.05, 0.1) is 24.5 Å². The van der Waals surface area contributed by atoms with E-state index in [-0.39, 0.29) is 5.91 Å². The van der Waals surface area contributed by atoms with Gasteiger partial charge in [-0.3, -0.25) is 4.79 Å². The number of carbonyl (C=O) groups excluding carboxylic acids is 1. The molecule has 9 nitrogen and oxygen atoms in total. The highest BCUT2D eigenvalue weighted by Crippen LogP contribution is 2.36. The predicted octanol–water partition coefficient (Wildman–Crippen LogP) is 3.79. The minimum atomic E-state index is -0.523. The molecule has 3 aromatic rings. The number of anilines is 2. The second kappa shape index (κ2) is 9.51. The molecule has 0 fully saturated rings. The molecule has 0 aliphatic carbocycles. The molecule has 2 aromatic carbocycles. The molecule has 0 bridgehead atoms. The van der Waals surface area contributed by atoms with Gasteiger partial charge in [-0.15, -0.1) is 0 Å². The van der Waals surface area contributed by atoms with Crippen molar-refractivity contribution in [3.05, 3.63) is 65.4 Å². The number of amides is 1. The van der Waals surface area contributed by atoms with Crippen LogP contribution >= 0.6 is 0 Å². The number of nitrogens with one attached hydrogen (secondary N) is 2. The van der Waals surface area contributed by atoms with Crippen molar-refractivity contribution in [2.45, 2.75) is 33.2 Å². The van der Waals surface area contributed by atoms with Gasteiger partial charge in [0.25, 0.3) is 5.91 Å². The van der Waals surface area contributed by atoms with Gasteiger partial charge in [-0.2, -0.15) is 4.68 Å². The zero-order valence-corrected chi connectivity index (χ0v) is 18.3. The van der Waals surface area contributed by atoms with Crippen molar-refractivity contribution in [2.24, 2.45) is 0 Å². The highest BCUT2D eigenvalue weighted by atomic mass is 16.5. The van der Waals surface area contributed by atoms with Crippen molar-refractivity contribution in [1.82, 2.24) is 20.2 Å². The zero-order chi connectivity index (χ0) is 22.5. The number of hydrogen-bond acceptors (Lipinski definition) is 7. The summed E-state index contributed by atoms with van der Waals surface area (Å²) in [5.41, 5.74) is 2.62. The maximum Gasteiger partial charge on any atom is 0.255 e. The van der Waals surface area contributed by atoms with Gasteiger partial charge in [0.1, 0.15) is 17.5 Å². The molecule has 1 unspecified atom stereocenters. The molecule has 2 N–H and O–H groups in total. The number of carbonyl (C=O) groups is 1. The molecule has 9 heteroatoms.